The molecule has 23 heavy (non-hydrogen) atoms. The summed E-state index contributed by atoms with van der Waals surface area (Å²) in [4.78, 5) is 33.1. The number of carbonyl (C=O) groups excluding carboxylic acids is 1. The van der Waals surface area contributed by atoms with Crippen LogP contribution in [0.5, 0.6) is 0 Å². The van der Waals surface area contributed by atoms with Crippen molar-refractivity contribution in [3.8, 4) is 0 Å². The van der Waals surface area contributed by atoms with Crippen LogP contribution in [0.3, 0.4) is 0 Å². The number of carbonyl (C=O) groups is 3. The van der Waals surface area contributed by atoms with Crippen molar-refractivity contribution in [3.05, 3.63) is 0 Å². The average molecular weight is 332 g/mol. The van der Waals surface area contributed by atoms with Crippen LogP contribution in [0.15, 0.2) is 0 Å². The number of carboxylic acid groups (broad SMARTS) is 2. The van der Waals surface area contributed by atoms with Gasteiger partial charge in [-0.1, -0.05) is 0 Å². The third kappa shape index (κ3) is 5.43. The van der Waals surface area contributed by atoms with Gasteiger partial charge in [0.2, 0.25) is 12.5 Å². The number of ether oxygens (including phenoxy) is 3. The fourth-order valence-corrected chi connectivity index (χ4v) is 2.38. The van der Waals surface area contributed by atoms with Crippen LogP contribution in [0.2, 0.25) is 0 Å². The van der Waals surface area contributed by atoms with E-state index in [4.69, 9.17) is 24.4 Å². The molecule has 4 unspecified atom stereocenters. The third-order valence-electron chi connectivity index (χ3n) is 3.60. The van der Waals surface area contributed by atoms with Gasteiger partial charge in [-0.25, -0.2) is 4.79 Å². The molecule has 2 rings (SSSR count). The Morgan fingerprint density at radius 2 is 1.78 bits per heavy atom. The summed E-state index contributed by atoms with van der Waals surface area (Å²) in [7, 11) is 0. The predicted molar refractivity (Wildman–Crippen MR) is 73.2 cm³/mol. The summed E-state index contributed by atoms with van der Waals surface area (Å²) in [5.74, 6) is -2.52. The first kappa shape index (κ1) is 17.6. The number of carboxylic acids is 2. The zero-order chi connectivity index (χ0) is 16.8. The molecule has 2 heterocycles. The van der Waals surface area contributed by atoms with Crippen molar-refractivity contribution in [1.29, 1.82) is 0 Å². The van der Waals surface area contributed by atoms with Gasteiger partial charge in [-0.15, -0.1) is 0 Å². The molecule has 0 aromatic heterocycles. The quantitative estimate of drug-likeness (QED) is 0.402. The largest absolute Gasteiger partial charge is 0.481 e. The SMILES string of the molecule is O=C(O)CCC1COC(C(=O)OC2OCNC2CCC(=O)O)N1. The Labute approximate surface area is 132 Å². The van der Waals surface area contributed by atoms with E-state index in [-0.39, 0.29) is 44.7 Å². The molecule has 4 atom stereocenters. The van der Waals surface area contributed by atoms with Crippen LogP contribution in [0, 0.1) is 0 Å². The lowest BCUT2D eigenvalue weighted by Crippen LogP contribution is -2.42. The standard InChI is InChI=1S/C13H20N2O8/c16-9(17)3-1-7-5-21-11(15-7)12(20)23-13-8(14-6-22-13)2-4-10(18)19/h7-8,11,13-15H,1-6H2,(H,16,17)(H,18,19). The number of hydrogen-bond acceptors (Lipinski definition) is 8. The first-order valence-corrected chi connectivity index (χ1v) is 7.32. The fraction of sp³-hybridized carbons (Fsp3) is 0.769. The van der Waals surface area contributed by atoms with Gasteiger partial charge in [-0.2, -0.15) is 0 Å². The molecule has 0 aromatic rings. The Morgan fingerprint density at radius 1 is 1.09 bits per heavy atom. The van der Waals surface area contributed by atoms with Crippen LogP contribution < -0.4 is 10.6 Å². The van der Waals surface area contributed by atoms with Gasteiger partial charge in [0, 0.05) is 18.9 Å². The number of rotatable bonds is 8. The van der Waals surface area contributed by atoms with Crippen molar-refractivity contribution in [2.45, 2.75) is 50.3 Å². The zero-order valence-electron chi connectivity index (χ0n) is 12.4. The van der Waals surface area contributed by atoms with Crippen LogP contribution in [-0.4, -0.2) is 66.1 Å². The summed E-state index contributed by atoms with van der Waals surface area (Å²) in [5, 5.41) is 23.1. The van der Waals surface area contributed by atoms with Gasteiger partial charge < -0.3 is 24.4 Å². The van der Waals surface area contributed by atoms with E-state index in [0.29, 0.717) is 6.42 Å². The van der Waals surface area contributed by atoms with Crippen molar-refractivity contribution < 1.29 is 38.8 Å². The topological polar surface area (TPSA) is 143 Å². The number of esters is 1. The first-order valence-electron chi connectivity index (χ1n) is 7.32. The zero-order valence-corrected chi connectivity index (χ0v) is 12.4. The van der Waals surface area contributed by atoms with Gasteiger partial charge in [0.15, 0.2) is 0 Å². The minimum Gasteiger partial charge on any atom is -0.481 e. The van der Waals surface area contributed by atoms with Gasteiger partial charge >= 0.3 is 17.9 Å². The van der Waals surface area contributed by atoms with E-state index in [1.807, 2.05) is 0 Å². The average Bonchev–Trinajstić information content (AvgIpc) is 3.12. The van der Waals surface area contributed by atoms with Crippen molar-refractivity contribution in [2.75, 3.05) is 13.3 Å². The lowest BCUT2D eigenvalue weighted by atomic mass is 10.1. The molecule has 4 N–H and O–H groups in total. The molecule has 2 saturated heterocycles. The number of aliphatic carboxylic acids is 2. The summed E-state index contributed by atoms with van der Waals surface area (Å²) in [6.45, 7) is 0.391. The number of hydrogen-bond donors (Lipinski definition) is 4. The molecule has 0 amide bonds. The Morgan fingerprint density at radius 3 is 2.48 bits per heavy atom. The van der Waals surface area contributed by atoms with E-state index in [9.17, 15) is 14.4 Å². The molecule has 10 nitrogen and oxygen atoms in total. The Balaban J connectivity index is 1.75. The minimum atomic E-state index is -0.974. The molecule has 0 aromatic carbocycles. The Hall–Kier alpha value is -1.75. The van der Waals surface area contributed by atoms with Crippen LogP contribution in [-0.2, 0) is 28.6 Å². The van der Waals surface area contributed by atoms with Crippen molar-refractivity contribution in [1.82, 2.24) is 10.6 Å². The monoisotopic (exact) mass is 332 g/mol. The minimum absolute atomic E-state index is 0.0181. The van der Waals surface area contributed by atoms with Gasteiger partial charge in [0.1, 0.15) is 6.73 Å². The molecule has 0 spiro atoms. The van der Waals surface area contributed by atoms with Crippen molar-refractivity contribution in [3.63, 3.8) is 0 Å². The molecule has 0 radical (unpaired) electrons. The summed E-state index contributed by atoms with van der Waals surface area (Å²) in [6.07, 6.45) is -1.31. The summed E-state index contributed by atoms with van der Waals surface area (Å²) >= 11 is 0. The maximum absolute atomic E-state index is 12.0. The smallest absolute Gasteiger partial charge is 0.352 e. The van der Waals surface area contributed by atoms with Crippen LogP contribution in [0.1, 0.15) is 25.7 Å². The van der Waals surface area contributed by atoms with Crippen LogP contribution >= 0.6 is 0 Å². The molecule has 130 valence electrons. The Kier molecular flexibility index (Phi) is 6.28. The highest BCUT2D eigenvalue weighted by Gasteiger charge is 2.37. The molecule has 2 aliphatic rings. The van der Waals surface area contributed by atoms with E-state index >= 15 is 0 Å². The number of nitrogens with one attached hydrogen (secondary N) is 2. The van der Waals surface area contributed by atoms with E-state index in [1.165, 1.54) is 0 Å². The van der Waals surface area contributed by atoms with Crippen LogP contribution in [0.4, 0.5) is 0 Å². The van der Waals surface area contributed by atoms with Gasteiger partial charge in [0.25, 0.3) is 0 Å². The molecule has 10 heteroatoms. The molecular weight excluding hydrogens is 312 g/mol. The normalized spacial score (nSPS) is 30.3. The summed E-state index contributed by atoms with van der Waals surface area (Å²) in [5.41, 5.74) is 0. The fourth-order valence-electron chi connectivity index (χ4n) is 2.38. The van der Waals surface area contributed by atoms with Crippen molar-refractivity contribution in [2.24, 2.45) is 0 Å². The molecular formula is C13H20N2O8. The predicted octanol–water partition coefficient (Wildman–Crippen LogP) is -1.15. The van der Waals surface area contributed by atoms with E-state index in [2.05, 4.69) is 10.6 Å². The highest BCUT2D eigenvalue weighted by molar-refractivity contribution is 5.75. The van der Waals surface area contributed by atoms with Gasteiger partial charge in [-0.05, 0) is 12.8 Å². The van der Waals surface area contributed by atoms with E-state index < -0.39 is 30.4 Å². The lowest BCUT2D eigenvalue weighted by molar-refractivity contribution is -0.183. The van der Waals surface area contributed by atoms with E-state index in [0.717, 1.165) is 0 Å². The highest BCUT2D eigenvalue weighted by atomic mass is 16.7. The van der Waals surface area contributed by atoms with Gasteiger partial charge in [-0.3, -0.25) is 20.2 Å². The highest BCUT2D eigenvalue weighted by Crippen LogP contribution is 2.16. The van der Waals surface area contributed by atoms with Gasteiger partial charge in [0.05, 0.1) is 12.6 Å². The van der Waals surface area contributed by atoms with E-state index in [1.54, 1.807) is 0 Å². The Bertz CT molecular complexity index is 457. The second-order valence-electron chi connectivity index (χ2n) is 5.37. The lowest BCUT2D eigenvalue weighted by Gasteiger charge is -2.19. The molecule has 0 bridgehead atoms. The summed E-state index contributed by atoms with van der Waals surface area (Å²) < 4.78 is 15.7. The first-order chi connectivity index (χ1) is 11.0. The maximum atomic E-state index is 12.0. The maximum Gasteiger partial charge on any atom is 0.352 e. The molecule has 2 fully saturated rings. The second-order valence-corrected chi connectivity index (χ2v) is 5.37. The third-order valence-corrected chi connectivity index (χ3v) is 3.60. The van der Waals surface area contributed by atoms with Crippen molar-refractivity contribution >= 4 is 17.9 Å². The molecule has 2 aliphatic heterocycles. The summed E-state index contributed by atoms with van der Waals surface area (Å²) in [6, 6.07) is -0.617. The molecule has 0 saturated carbocycles. The van der Waals surface area contributed by atoms with Crippen LogP contribution in [0.25, 0.3) is 0 Å². The molecule has 0 aliphatic carbocycles. The second kappa shape index (κ2) is 8.20.